The number of Topliss-reactive ketones (excluding diaryl/α,β-unsaturated/α-hetero) is 1. The Morgan fingerprint density at radius 1 is 1.05 bits per heavy atom. The number of carbonyl (C=O) groups excluding carboxylic acids is 1. The zero-order valence-corrected chi connectivity index (χ0v) is 13.4. The molecule has 0 aromatic heterocycles. The van der Waals surface area contributed by atoms with E-state index in [-0.39, 0.29) is 4.75 Å². The van der Waals surface area contributed by atoms with Gasteiger partial charge >= 0.3 is 0 Å². The van der Waals surface area contributed by atoms with E-state index in [1.165, 1.54) is 70.0 Å². The number of ketones is 1. The quantitative estimate of drug-likeness (QED) is 0.609. The van der Waals surface area contributed by atoms with E-state index in [9.17, 15) is 4.79 Å². The van der Waals surface area contributed by atoms with Crippen molar-refractivity contribution >= 4 is 17.5 Å². The maximum atomic E-state index is 13.0. The third-order valence-electron chi connectivity index (χ3n) is 4.96. The fourth-order valence-corrected chi connectivity index (χ4v) is 5.44. The van der Waals surface area contributed by atoms with Gasteiger partial charge in [-0.25, -0.2) is 0 Å². The van der Waals surface area contributed by atoms with Crippen LogP contribution in [0.1, 0.15) is 84.0 Å². The highest BCUT2D eigenvalue weighted by Crippen LogP contribution is 2.44. The lowest BCUT2D eigenvalue weighted by molar-refractivity contribution is -0.127. The number of hydrogen-bond donors (Lipinski definition) is 0. The summed E-state index contributed by atoms with van der Waals surface area (Å²) in [5.74, 6) is 2.24. The molecule has 0 bridgehead atoms. The predicted octanol–water partition coefficient (Wildman–Crippen LogP) is 5.37. The van der Waals surface area contributed by atoms with Crippen LogP contribution in [0.2, 0.25) is 0 Å². The van der Waals surface area contributed by atoms with Gasteiger partial charge in [-0.1, -0.05) is 51.9 Å². The zero-order valence-electron chi connectivity index (χ0n) is 12.6. The van der Waals surface area contributed by atoms with Crippen LogP contribution in [0.5, 0.6) is 0 Å². The molecule has 2 fully saturated rings. The number of unbranched alkanes of at least 4 members (excludes halogenated alkanes) is 1. The van der Waals surface area contributed by atoms with Crippen LogP contribution < -0.4 is 0 Å². The molecular formula is C17H30OS. The van der Waals surface area contributed by atoms with E-state index < -0.39 is 0 Å². The van der Waals surface area contributed by atoms with E-state index in [1.807, 2.05) is 11.8 Å². The summed E-state index contributed by atoms with van der Waals surface area (Å²) in [6.45, 7) is 2.25. The number of carbonyl (C=O) groups is 1. The molecule has 0 unspecified atom stereocenters. The molecule has 2 heteroatoms. The summed E-state index contributed by atoms with van der Waals surface area (Å²) >= 11 is 2.02. The van der Waals surface area contributed by atoms with Crippen LogP contribution in [0.15, 0.2) is 0 Å². The van der Waals surface area contributed by atoms with Gasteiger partial charge in [0.2, 0.25) is 0 Å². The van der Waals surface area contributed by atoms with Crippen LogP contribution in [0, 0.1) is 5.92 Å². The lowest BCUT2D eigenvalue weighted by atomic mass is 9.76. The second-order valence-electron chi connectivity index (χ2n) is 6.46. The summed E-state index contributed by atoms with van der Waals surface area (Å²) in [5, 5.41) is 0. The first-order valence-electron chi connectivity index (χ1n) is 8.47. The van der Waals surface area contributed by atoms with Gasteiger partial charge in [0.15, 0.2) is 5.78 Å². The van der Waals surface area contributed by atoms with Crippen molar-refractivity contribution in [2.75, 3.05) is 5.75 Å². The second-order valence-corrected chi connectivity index (χ2v) is 7.93. The van der Waals surface area contributed by atoms with Crippen molar-refractivity contribution in [2.24, 2.45) is 5.92 Å². The average Bonchev–Trinajstić information content (AvgIpc) is 2.49. The molecule has 0 aromatic rings. The SMILES string of the molecule is CCCCSC1(C(=O)C2CCCCC2)CCCCC1. The number of hydrogen-bond acceptors (Lipinski definition) is 2. The molecular weight excluding hydrogens is 252 g/mol. The van der Waals surface area contributed by atoms with Crippen LogP contribution in [0.25, 0.3) is 0 Å². The summed E-state index contributed by atoms with van der Waals surface area (Å²) in [7, 11) is 0. The van der Waals surface area contributed by atoms with Gasteiger partial charge in [0.25, 0.3) is 0 Å². The highest BCUT2D eigenvalue weighted by molar-refractivity contribution is 8.01. The van der Waals surface area contributed by atoms with E-state index in [1.54, 1.807) is 0 Å². The van der Waals surface area contributed by atoms with Crippen LogP contribution in [0.4, 0.5) is 0 Å². The molecule has 1 nitrogen and oxygen atoms in total. The zero-order chi connectivity index (χ0) is 13.6. The highest BCUT2D eigenvalue weighted by atomic mass is 32.2. The van der Waals surface area contributed by atoms with E-state index in [2.05, 4.69) is 6.92 Å². The predicted molar refractivity (Wildman–Crippen MR) is 84.8 cm³/mol. The molecule has 0 atom stereocenters. The van der Waals surface area contributed by atoms with Gasteiger partial charge in [-0.3, -0.25) is 4.79 Å². The first kappa shape index (κ1) is 15.4. The van der Waals surface area contributed by atoms with Gasteiger partial charge in [-0.2, -0.15) is 0 Å². The Bertz CT molecular complexity index is 275. The molecule has 0 radical (unpaired) electrons. The van der Waals surface area contributed by atoms with Gasteiger partial charge in [-0.15, -0.1) is 11.8 Å². The standard InChI is InChI=1S/C17H30OS/c1-2-3-14-19-17(12-8-5-9-13-17)16(18)15-10-6-4-7-11-15/h15H,2-14H2,1H3. The lowest BCUT2D eigenvalue weighted by Gasteiger charge is -2.39. The van der Waals surface area contributed by atoms with Crippen molar-refractivity contribution in [3.8, 4) is 0 Å². The van der Waals surface area contributed by atoms with Crippen LogP contribution in [-0.2, 0) is 4.79 Å². The van der Waals surface area contributed by atoms with Gasteiger partial charge in [-0.05, 0) is 37.9 Å². The van der Waals surface area contributed by atoms with Gasteiger partial charge in [0.05, 0.1) is 4.75 Å². The van der Waals surface area contributed by atoms with E-state index in [0.29, 0.717) is 11.7 Å². The Kier molecular flexibility index (Phi) is 6.25. The molecule has 19 heavy (non-hydrogen) atoms. The summed E-state index contributed by atoms with van der Waals surface area (Å²) in [4.78, 5) is 13.0. The third-order valence-corrected chi connectivity index (χ3v) is 6.62. The van der Waals surface area contributed by atoms with Crippen LogP contribution >= 0.6 is 11.8 Å². The number of rotatable bonds is 6. The molecule has 0 N–H and O–H groups in total. The van der Waals surface area contributed by atoms with Crippen molar-refractivity contribution in [2.45, 2.75) is 88.7 Å². The van der Waals surface area contributed by atoms with Crippen molar-refractivity contribution in [1.29, 1.82) is 0 Å². The Hall–Kier alpha value is 0.0200. The monoisotopic (exact) mass is 282 g/mol. The largest absolute Gasteiger partial charge is 0.298 e. The summed E-state index contributed by atoms with van der Waals surface area (Å²) in [6.07, 6.45) is 15.0. The minimum Gasteiger partial charge on any atom is -0.298 e. The maximum absolute atomic E-state index is 13.0. The van der Waals surface area contributed by atoms with Gasteiger partial charge < -0.3 is 0 Å². The van der Waals surface area contributed by atoms with E-state index in [0.717, 1.165) is 12.8 Å². The molecule has 2 saturated carbocycles. The molecule has 0 aromatic carbocycles. The van der Waals surface area contributed by atoms with Crippen molar-refractivity contribution in [3.05, 3.63) is 0 Å². The fraction of sp³-hybridized carbons (Fsp3) is 0.941. The first-order chi connectivity index (χ1) is 9.28. The van der Waals surface area contributed by atoms with Crippen molar-refractivity contribution in [3.63, 3.8) is 0 Å². The summed E-state index contributed by atoms with van der Waals surface area (Å²) < 4.78 is 0.0232. The molecule has 2 rings (SSSR count). The normalized spacial score (nSPS) is 24.3. The van der Waals surface area contributed by atoms with E-state index >= 15 is 0 Å². The first-order valence-corrected chi connectivity index (χ1v) is 9.45. The molecule has 2 aliphatic carbocycles. The Morgan fingerprint density at radius 3 is 2.32 bits per heavy atom. The Labute approximate surface area is 123 Å². The van der Waals surface area contributed by atoms with Crippen molar-refractivity contribution in [1.82, 2.24) is 0 Å². The smallest absolute Gasteiger partial charge is 0.151 e. The Morgan fingerprint density at radius 2 is 1.68 bits per heavy atom. The second kappa shape index (κ2) is 7.71. The lowest BCUT2D eigenvalue weighted by Crippen LogP contribution is -2.42. The number of thioether (sulfide) groups is 1. The van der Waals surface area contributed by atoms with Gasteiger partial charge in [0.1, 0.15) is 0 Å². The topological polar surface area (TPSA) is 17.1 Å². The molecule has 2 aliphatic rings. The third kappa shape index (κ3) is 4.00. The fourth-order valence-electron chi connectivity index (χ4n) is 3.73. The molecule has 110 valence electrons. The Balaban J connectivity index is 2.00. The molecule has 0 amide bonds. The maximum Gasteiger partial charge on any atom is 0.151 e. The molecule has 0 aliphatic heterocycles. The van der Waals surface area contributed by atoms with Gasteiger partial charge in [0, 0.05) is 5.92 Å². The molecule has 0 heterocycles. The molecule has 0 spiro atoms. The summed E-state index contributed by atoms with van der Waals surface area (Å²) in [5.41, 5.74) is 0. The average molecular weight is 282 g/mol. The van der Waals surface area contributed by atoms with Crippen LogP contribution in [0.3, 0.4) is 0 Å². The van der Waals surface area contributed by atoms with Crippen LogP contribution in [-0.4, -0.2) is 16.3 Å². The minimum atomic E-state index is 0.0232. The highest BCUT2D eigenvalue weighted by Gasteiger charge is 2.42. The molecule has 0 saturated heterocycles. The van der Waals surface area contributed by atoms with Crippen molar-refractivity contribution < 1.29 is 4.79 Å². The minimum absolute atomic E-state index is 0.0232. The van der Waals surface area contributed by atoms with E-state index in [4.69, 9.17) is 0 Å². The summed E-state index contributed by atoms with van der Waals surface area (Å²) in [6, 6.07) is 0.